The van der Waals surface area contributed by atoms with Crippen LogP contribution in [-0.2, 0) is 6.18 Å². The van der Waals surface area contributed by atoms with Crippen LogP contribution in [0.1, 0.15) is 30.9 Å². The standard InChI is InChI=1S/C19H15F4NO2/c1-9(2)18-16(25)5-10(6-17(18)26)15-8-13(19(21,22)23)12-7-11(20)3-4-14(12)24-15/h3-9,25-26H,1-2H3. The summed E-state index contributed by atoms with van der Waals surface area (Å²) in [6, 6.07) is 6.26. The first-order chi connectivity index (χ1) is 12.1. The maximum Gasteiger partial charge on any atom is 0.417 e. The van der Waals surface area contributed by atoms with Crippen LogP contribution in [-0.4, -0.2) is 15.2 Å². The third-order valence-electron chi connectivity index (χ3n) is 4.09. The highest BCUT2D eigenvalue weighted by Gasteiger charge is 2.34. The van der Waals surface area contributed by atoms with Crippen molar-refractivity contribution in [1.29, 1.82) is 0 Å². The number of aromatic hydroxyl groups is 2. The third-order valence-corrected chi connectivity index (χ3v) is 4.09. The van der Waals surface area contributed by atoms with Gasteiger partial charge in [-0.3, -0.25) is 0 Å². The van der Waals surface area contributed by atoms with Gasteiger partial charge in [0, 0.05) is 16.5 Å². The number of phenolic OH excluding ortho intramolecular Hbond substituents is 2. The minimum absolute atomic E-state index is 0.0388. The Balaban J connectivity index is 2.28. The number of hydrogen-bond acceptors (Lipinski definition) is 3. The lowest BCUT2D eigenvalue weighted by molar-refractivity contribution is -0.136. The predicted molar refractivity (Wildman–Crippen MR) is 89.6 cm³/mol. The zero-order valence-electron chi connectivity index (χ0n) is 13.9. The fourth-order valence-electron chi connectivity index (χ4n) is 2.94. The quantitative estimate of drug-likeness (QED) is 0.582. The molecular formula is C19H15F4NO2. The van der Waals surface area contributed by atoms with Crippen molar-refractivity contribution in [2.75, 3.05) is 0 Å². The number of benzene rings is 2. The first-order valence-electron chi connectivity index (χ1n) is 7.81. The smallest absolute Gasteiger partial charge is 0.417 e. The molecule has 3 aromatic rings. The number of hydrogen-bond donors (Lipinski definition) is 2. The molecule has 0 aliphatic carbocycles. The predicted octanol–water partition coefficient (Wildman–Crippen LogP) is 5.59. The maximum atomic E-state index is 13.4. The number of fused-ring (bicyclic) bond motifs is 1. The molecule has 0 aliphatic heterocycles. The van der Waals surface area contributed by atoms with Gasteiger partial charge in [-0.15, -0.1) is 0 Å². The Labute approximate surface area is 146 Å². The summed E-state index contributed by atoms with van der Waals surface area (Å²) in [4.78, 5) is 4.13. The highest BCUT2D eigenvalue weighted by atomic mass is 19.4. The van der Waals surface area contributed by atoms with Gasteiger partial charge in [-0.2, -0.15) is 13.2 Å². The van der Waals surface area contributed by atoms with Gasteiger partial charge >= 0.3 is 6.18 Å². The van der Waals surface area contributed by atoms with Crippen molar-refractivity contribution >= 4 is 10.9 Å². The molecule has 1 heterocycles. The molecule has 0 bridgehead atoms. The molecule has 3 rings (SSSR count). The normalized spacial score (nSPS) is 12.1. The van der Waals surface area contributed by atoms with E-state index < -0.39 is 17.6 Å². The topological polar surface area (TPSA) is 53.4 Å². The molecule has 0 atom stereocenters. The molecule has 0 radical (unpaired) electrons. The van der Waals surface area contributed by atoms with E-state index in [4.69, 9.17) is 0 Å². The van der Waals surface area contributed by atoms with Gasteiger partial charge in [0.1, 0.15) is 17.3 Å². The molecule has 0 saturated carbocycles. The summed E-state index contributed by atoms with van der Waals surface area (Å²) < 4.78 is 53.7. The monoisotopic (exact) mass is 365 g/mol. The van der Waals surface area contributed by atoms with Crippen LogP contribution in [0.5, 0.6) is 11.5 Å². The second kappa shape index (κ2) is 6.16. The van der Waals surface area contributed by atoms with Crippen molar-refractivity contribution < 1.29 is 27.8 Å². The van der Waals surface area contributed by atoms with Crippen molar-refractivity contribution in [1.82, 2.24) is 4.98 Å². The average molecular weight is 365 g/mol. The molecule has 2 N–H and O–H groups in total. The van der Waals surface area contributed by atoms with E-state index in [0.717, 1.165) is 24.3 Å². The van der Waals surface area contributed by atoms with Crippen molar-refractivity contribution in [2.45, 2.75) is 25.9 Å². The average Bonchev–Trinajstić information content (AvgIpc) is 2.51. The van der Waals surface area contributed by atoms with Gasteiger partial charge in [0.15, 0.2) is 0 Å². The Hall–Kier alpha value is -2.83. The van der Waals surface area contributed by atoms with E-state index in [2.05, 4.69) is 4.98 Å². The van der Waals surface area contributed by atoms with E-state index in [9.17, 15) is 27.8 Å². The van der Waals surface area contributed by atoms with Gasteiger partial charge in [-0.1, -0.05) is 13.8 Å². The lowest BCUT2D eigenvalue weighted by Crippen LogP contribution is -2.07. The summed E-state index contributed by atoms with van der Waals surface area (Å²) in [6.45, 7) is 3.53. The molecule has 7 heteroatoms. The minimum atomic E-state index is -4.72. The summed E-state index contributed by atoms with van der Waals surface area (Å²) >= 11 is 0. The number of pyridine rings is 1. The maximum absolute atomic E-state index is 13.4. The number of alkyl halides is 3. The van der Waals surface area contributed by atoms with Crippen LogP contribution < -0.4 is 0 Å². The van der Waals surface area contributed by atoms with Crippen LogP contribution in [0.3, 0.4) is 0 Å². The summed E-state index contributed by atoms with van der Waals surface area (Å²) in [5.74, 6) is -1.44. The van der Waals surface area contributed by atoms with Crippen LogP contribution >= 0.6 is 0 Å². The number of aromatic nitrogens is 1. The summed E-state index contributed by atoms with van der Waals surface area (Å²) in [6.07, 6.45) is -4.72. The Morgan fingerprint density at radius 1 is 0.962 bits per heavy atom. The lowest BCUT2D eigenvalue weighted by Gasteiger charge is -2.15. The van der Waals surface area contributed by atoms with Gasteiger partial charge in [0.2, 0.25) is 0 Å². The second-order valence-corrected chi connectivity index (χ2v) is 6.30. The van der Waals surface area contributed by atoms with E-state index in [1.165, 1.54) is 12.1 Å². The van der Waals surface area contributed by atoms with E-state index >= 15 is 0 Å². The molecule has 0 aliphatic rings. The van der Waals surface area contributed by atoms with E-state index in [-0.39, 0.29) is 39.6 Å². The molecule has 2 aromatic carbocycles. The lowest BCUT2D eigenvalue weighted by atomic mass is 9.97. The van der Waals surface area contributed by atoms with E-state index in [0.29, 0.717) is 5.56 Å². The molecule has 0 saturated heterocycles. The fraction of sp³-hybridized carbons (Fsp3) is 0.211. The molecule has 0 amide bonds. The van der Waals surface area contributed by atoms with Gasteiger partial charge in [-0.25, -0.2) is 9.37 Å². The SMILES string of the molecule is CC(C)c1c(O)cc(-c2cc(C(F)(F)F)c3cc(F)ccc3n2)cc1O. The Morgan fingerprint density at radius 2 is 1.58 bits per heavy atom. The van der Waals surface area contributed by atoms with Gasteiger partial charge in [0.05, 0.1) is 16.8 Å². The molecule has 1 aromatic heterocycles. The molecular weight excluding hydrogens is 350 g/mol. The van der Waals surface area contributed by atoms with Crippen molar-refractivity contribution in [2.24, 2.45) is 0 Å². The number of rotatable bonds is 2. The largest absolute Gasteiger partial charge is 0.507 e. The van der Waals surface area contributed by atoms with Crippen LogP contribution in [0.2, 0.25) is 0 Å². The Morgan fingerprint density at radius 3 is 2.12 bits per heavy atom. The summed E-state index contributed by atoms with van der Waals surface area (Å²) in [7, 11) is 0. The molecule has 26 heavy (non-hydrogen) atoms. The highest BCUT2D eigenvalue weighted by molar-refractivity contribution is 5.86. The summed E-state index contributed by atoms with van der Waals surface area (Å²) in [5, 5.41) is 19.9. The fourth-order valence-corrected chi connectivity index (χ4v) is 2.94. The van der Waals surface area contributed by atoms with Gasteiger partial charge in [-0.05, 0) is 42.3 Å². The first-order valence-corrected chi connectivity index (χ1v) is 7.81. The molecule has 3 nitrogen and oxygen atoms in total. The van der Waals surface area contributed by atoms with Crippen LogP contribution in [0.25, 0.3) is 22.2 Å². The number of nitrogens with zero attached hydrogens (tertiary/aromatic N) is 1. The van der Waals surface area contributed by atoms with Crippen molar-refractivity contribution in [3.05, 3.63) is 53.3 Å². The highest BCUT2D eigenvalue weighted by Crippen LogP contribution is 2.40. The summed E-state index contributed by atoms with van der Waals surface area (Å²) in [5.41, 5.74) is -0.738. The zero-order valence-corrected chi connectivity index (χ0v) is 13.9. The molecule has 0 unspecified atom stereocenters. The molecule has 136 valence electrons. The van der Waals surface area contributed by atoms with Gasteiger partial charge in [0.25, 0.3) is 0 Å². The Bertz CT molecular complexity index is 974. The molecule has 0 spiro atoms. The Kier molecular flexibility index (Phi) is 4.26. The number of phenols is 2. The third kappa shape index (κ3) is 3.16. The molecule has 0 fully saturated rings. The number of halogens is 4. The zero-order chi connectivity index (χ0) is 19.2. The van der Waals surface area contributed by atoms with Crippen molar-refractivity contribution in [3.8, 4) is 22.8 Å². The van der Waals surface area contributed by atoms with E-state index in [1.54, 1.807) is 13.8 Å². The second-order valence-electron chi connectivity index (χ2n) is 6.30. The van der Waals surface area contributed by atoms with Crippen LogP contribution in [0, 0.1) is 5.82 Å². The van der Waals surface area contributed by atoms with Crippen LogP contribution in [0.4, 0.5) is 17.6 Å². The minimum Gasteiger partial charge on any atom is -0.507 e. The van der Waals surface area contributed by atoms with Crippen LogP contribution in [0.15, 0.2) is 36.4 Å². The van der Waals surface area contributed by atoms with Crippen molar-refractivity contribution in [3.63, 3.8) is 0 Å². The van der Waals surface area contributed by atoms with E-state index in [1.807, 2.05) is 0 Å². The first kappa shape index (κ1) is 18.0. The van der Waals surface area contributed by atoms with Gasteiger partial charge < -0.3 is 10.2 Å².